The van der Waals surface area contributed by atoms with Gasteiger partial charge in [0.25, 0.3) is 11.1 Å². The van der Waals surface area contributed by atoms with E-state index in [4.69, 9.17) is 9.26 Å². The maximum atomic E-state index is 12.6. The molecule has 2 amide bonds. The normalized spacial score (nSPS) is 15.6. The standard InChI is InChI=1S/C19H15N3O4S2/c1-2-25-14-8-4-3-7-13(14)17-20-16(26-21-17)11-22-18(23)15(28-19(22)24)10-12-6-5-9-27-12/h3-10H,2,11H2,1H3/b15-10-. The molecule has 0 aliphatic carbocycles. The molecule has 0 N–H and O–H groups in total. The Morgan fingerprint density at radius 3 is 2.86 bits per heavy atom. The highest BCUT2D eigenvalue weighted by atomic mass is 32.2. The first-order valence-electron chi connectivity index (χ1n) is 8.49. The fraction of sp³-hybridized carbons (Fsp3) is 0.158. The first kappa shape index (κ1) is 18.5. The lowest BCUT2D eigenvalue weighted by Gasteiger charge is -2.08. The molecular formula is C19H15N3O4S2. The lowest BCUT2D eigenvalue weighted by Crippen LogP contribution is -2.27. The van der Waals surface area contributed by atoms with Crippen LogP contribution in [0.15, 0.2) is 51.2 Å². The summed E-state index contributed by atoms with van der Waals surface area (Å²) in [5.41, 5.74) is 0.686. The summed E-state index contributed by atoms with van der Waals surface area (Å²) in [6.07, 6.45) is 1.72. The van der Waals surface area contributed by atoms with Crippen molar-refractivity contribution in [1.29, 1.82) is 0 Å². The number of thiophene rings is 1. The fourth-order valence-corrected chi connectivity index (χ4v) is 4.20. The predicted octanol–water partition coefficient (Wildman–Crippen LogP) is 4.43. The van der Waals surface area contributed by atoms with Crippen LogP contribution in [0.1, 0.15) is 17.7 Å². The number of aromatic nitrogens is 2. The van der Waals surface area contributed by atoms with Crippen LogP contribution in [0.25, 0.3) is 17.5 Å². The maximum absolute atomic E-state index is 12.6. The van der Waals surface area contributed by atoms with E-state index in [0.29, 0.717) is 28.6 Å². The average Bonchev–Trinajstić information content (AvgIpc) is 3.42. The summed E-state index contributed by atoms with van der Waals surface area (Å²) in [6, 6.07) is 11.1. The molecule has 2 aromatic heterocycles. The van der Waals surface area contributed by atoms with Crippen LogP contribution in [0.2, 0.25) is 0 Å². The van der Waals surface area contributed by atoms with Crippen molar-refractivity contribution in [1.82, 2.24) is 15.0 Å². The molecule has 1 aliphatic rings. The van der Waals surface area contributed by atoms with E-state index in [1.165, 1.54) is 11.3 Å². The number of imide groups is 1. The highest BCUT2D eigenvalue weighted by Gasteiger charge is 2.36. The summed E-state index contributed by atoms with van der Waals surface area (Å²) in [6.45, 7) is 2.33. The fourth-order valence-electron chi connectivity index (χ4n) is 2.64. The molecule has 0 radical (unpaired) electrons. The Labute approximate surface area is 169 Å². The molecule has 0 spiro atoms. The minimum atomic E-state index is -0.363. The molecule has 7 nitrogen and oxygen atoms in total. The maximum Gasteiger partial charge on any atom is 0.294 e. The monoisotopic (exact) mass is 413 g/mol. The van der Waals surface area contributed by atoms with Crippen LogP contribution < -0.4 is 4.74 Å². The van der Waals surface area contributed by atoms with Gasteiger partial charge < -0.3 is 9.26 Å². The first-order valence-corrected chi connectivity index (χ1v) is 10.2. The third kappa shape index (κ3) is 3.71. The number of amides is 2. The number of hydrogen-bond acceptors (Lipinski definition) is 8. The van der Waals surface area contributed by atoms with Gasteiger partial charge in [0, 0.05) is 4.88 Å². The molecule has 9 heteroatoms. The number of carbonyl (C=O) groups is 2. The number of benzene rings is 1. The smallest absolute Gasteiger partial charge is 0.294 e. The second-order valence-corrected chi connectivity index (χ2v) is 7.70. The molecule has 3 aromatic rings. The Kier molecular flexibility index (Phi) is 5.27. The number of thioether (sulfide) groups is 1. The molecule has 3 heterocycles. The van der Waals surface area contributed by atoms with Gasteiger partial charge in [-0.05, 0) is 48.3 Å². The van der Waals surface area contributed by atoms with Gasteiger partial charge in [0.1, 0.15) is 12.3 Å². The third-order valence-corrected chi connectivity index (χ3v) is 5.61. The van der Waals surface area contributed by atoms with Crippen LogP contribution in [0.5, 0.6) is 5.75 Å². The van der Waals surface area contributed by atoms with Crippen LogP contribution in [0, 0.1) is 0 Å². The van der Waals surface area contributed by atoms with Crippen molar-refractivity contribution in [2.75, 3.05) is 6.61 Å². The van der Waals surface area contributed by atoms with Crippen molar-refractivity contribution in [3.8, 4) is 17.1 Å². The van der Waals surface area contributed by atoms with E-state index in [1.54, 1.807) is 6.08 Å². The van der Waals surface area contributed by atoms with Gasteiger partial charge in [0.2, 0.25) is 11.7 Å². The largest absolute Gasteiger partial charge is 0.493 e. The number of carbonyl (C=O) groups excluding carboxylic acids is 2. The molecule has 0 saturated carbocycles. The Morgan fingerprint density at radius 1 is 1.21 bits per heavy atom. The van der Waals surface area contributed by atoms with Gasteiger partial charge in [-0.2, -0.15) is 4.98 Å². The highest BCUT2D eigenvalue weighted by Crippen LogP contribution is 2.34. The molecule has 28 heavy (non-hydrogen) atoms. The van der Waals surface area contributed by atoms with Crippen molar-refractivity contribution < 1.29 is 18.8 Å². The summed E-state index contributed by atoms with van der Waals surface area (Å²) >= 11 is 2.41. The van der Waals surface area contributed by atoms with Gasteiger partial charge in [-0.25, -0.2) is 0 Å². The predicted molar refractivity (Wildman–Crippen MR) is 107 cm³/mol. The van der Waals surface area contributed by atoms with E-state index in [0.717, 1.165) is 21.5 Å². The summed E-state index contributed by atoms with van der Waals surface area (Å²) in [5.74, 6) is 0.807. The Balaban J connectivity index is 1.53. The zero-order valence-electron chi connectivity index (χ0n) is 14.8. The molecule has 0 atom stereocenters. The Morgan fingerprint density at radius 2 is 2.07 bits per heavy atom. The molecule has 0 unspecified atom stereocenters. The first-order chi connectivity index (χ1) is 13.7. The lowest BCUT2D eigenvalue weighted by molar-refractivity contribution is -0.123. The molecular weight excluding hydrogens is 398 g/mol. The van der Waals surface area contributed by atoms with E-state index in [2.05, 4.69) is 10.1 Å². The minimum absolute atomic E-state index is 0.0732. The van der Waals surface area contributed by atoms with Crippen molar-refractivity contribution >= 4 is 40.3 Å². The van der Waals surface area contributed by atoms with Gasteiger partial charge in [-0.3, -0.25) is 14.5 Å². The summed E-state index contributed by atoms with van der Waals surface area (Å²) in [5, 5.41) is 5.52. The van der Waals surface area contributed by atoms with Crippen LogP contribution in [0.3, 0.4) is 0 Å². The van der Waals surface area contributed by atoms with Crippen molar-refractivity contribution in [3.05, 3.63) is 57.5 Å². The summed E-state index contributed by atoms with van der Waals surface area (Å²) in [7, 11) is 0. The molecule has 142 valence electrons. The lowest BCUT2D eigenvalue weighted by atomic mass is 10.2. The molecule has 1 fully saturated rings. The number of ether oxygens (including phenoxy) is 1. The zero-order chi connectivity index (χ0) is 19.5. The van der Waals surface area contributed by atoms with Gasteiger partial charge in [0.15, 0.2) is 0 Å². The minimum Gasteiger partial charge on any atom is -0.493 e. The Bertz CT molecular complexity index is 1040. The number of para-hydroxylation sites is 1. The van der Waals surface area contributed by atoms with Crippen LogP contribution in [-0.2, 0) is 11.3 Å². The molecule has 1 saturated heterocycles. The Hall–Kier alpha value is -2.91. The SMILES string of the molecule is CCOc1ccccc1-c1noc(CN2C(=O)S/C(=C\c3cccs3)C2=O)n1. The molecule has 1 aromatic carbocycles. The molecule has 1 aliphatic heterocycles. The summed E-state index contributed by atoms with van der Waals surface area (Å²) in [4.78, 5) is 31.6. The van der Waals surface area contributed by atoms with Gasteiger partial charge in [-0.1, -0.05) is 23.4 Å². The molecule has 0 bridgehead atoms. The van der Waals surface area contributed by atoms with Crippen molar-refractivity contribution in [2.45, 2.75) is 13.5 Å². The van der Waals surface area contributed by atoms with E-state index in [9.17, 15) is 9.59 Å². The second kappa shape index (κ2) is 7.99. The average molecular weight is 413 g/mol. The van der Waals surface area contributed by atoms with Crippen LogP contribution >= 0.6 is 23.1 Å². The van der Waals surface area contributed by atoms with E-state index in [1.807, 2.05) is 48.7 Å². The molecule has 4 rings (SSSR count). The third-order valence-electron chi connectivity index (χ3n) is 3.88. The topological polar surface area (TPSA) is 85.5 Å². The van der Waals surface area contributed by atoms with Gasteiger partial charge in [0.05, 0.1) is 17.1 Å². The number of nitrogens with zero attached hydrogens (tertiary/aromatic N) is 3. The van der Waals surface area contributed by atoms with Crippen molar-refractivity contribution in [3.63, 3.8) is 0 Å². The number of hydrogen-bond donors (Lipinski definition) is 0. The van der Waals surface area contributed by atoms with Gasteiger partial charge >= 0.3 is 0 Å². The van der Waals surface area contributed by atoms with Crippen LogP contribution in [0.4, 0.5) is 4.79 Å². The number of rotatable bonds is 6. The van der Waals surface area contributed by atoms with E-state index in [-0.39, 0.29) is 23.6 Å². The van der Waals surface area contributed by atoms with E-state index >= 15 is 0 Å². The quantitative estimate of drug-likeness (QED) is 0.553. The highest BCUT2D eigenvalue weighted by molar-refractivity contribution is 8.18. The zero-order valence-corrected chi connectivity index (χ0v) is 16.5. The second-order valence-electron chi connectivity index (χ2n) is 5.72. The summed E-state index contributed by atoms with van der Waals surface area (Å²) < 4.78 is 10.8. The van der Waals surface area contributed by atoms with Gasteiger partial charge in [-0.15, -0.1) is 11.3 Å². The van der Waals surface area contributed by atoms with Crippen LogP contribution in [-0.4, -0.2) is 32.8 Å². The van der Waals surface area contributed by atoms with E-state index < -0.39 is 0 Å². The van der Waals surface area contributed by atoms with Crippen molar-refractivity contribution in [2.24, 2.45) is 0 Å².